The van der Waals surface area contributed by atoms with Crippen LogP contribution in [0.5, 0.6) is 0 Å². The molecule has 2 aromatic rings. The predicted molar refractivity (Wildman–Crippen MR) is 79.2 cm³/mol. The second kappa shape index (κ2) is 6.52. The van der Waals surface area contributed by atoms with Crippen molar-refractivity contribution in [2.45, 2.75) is 6.54 Å². The third-order valence-electron chi connectivity index (χ3n) is 2.82. The fourth-order valence-corrected chi connectivity index (χ4v) is 2.37. The van der Waals surface area contributed by atoms with Crippen LogP contribution in [0.4, 0.5) is 10.1 Å². The number of carboxylic acids is 1. The normalized spacial score (nSPS) is 10.3. The van der Waals surface area contributed by atoms with E-state index in [9.17, 15) is 9.18 Å². The molecule has 20 heavy (non-hydrogen) atoms. The minimum Gasteiger partial charge on any atom is -0.480 e. The molecular weight excluding hydrogens is 325 g/mol. The molecular formula is C15H13BrFNO2. The van der Waals surface area contributed by atoms with Gasteiger partial charge in [-0.15, -0.1) is 0 Å². The maximum atomic E-state index is 13.1. The van der Waals surface area contributed by atoms with Gasteiger partial charge in [-0.05, 0) is 29.8 Å². The summed E-state index contributed by atoms with van der Waals surface area (Å²) in [5.41, 5.74) is 1.64. The summed E-state index contributed by atoms with van der Waals surface area (Å²) >= 11 is 3.30. The molecule has 0 radical (unpaired) electrons. The van der Waals surface area contributed by atoms with E-state index in [1.54, 1.807) is 11.0 Å². The Bertz CT molecular complexity index is 604. The topological polar surface area (TPSA) is 40.5 Å². The molecule has 0 aliphatic heterocycles. The Morgan fingerprint density at radius 3 is 2.50 bits per heavy atom. The highest BCUT2D eigenvalue weighted by molar-refractivity contribution is 9.10. The summed E-state index contributed by atoms with van der Waals surface area (Å²) in [5, 5.41) is 9.02. The van der Waals surface area contributed by atoms with Crippen molar-refractivity contribution in [1.82, 2.24) is 0 Å². The second-order valence-electron chi connectivity index (χ2n) is 4.32. The Kier molecular flexibility index (Phi) is 4.74. The molecule has 0 bridgehead atoms. The molecule has 5 heteroatoms. The van der Waals surface area contributed by atoms with Crippen molar-refractivity contribution < 1.29 is 14.3 Å². The average Bonchev–Trinajstić information content (AvgIpc) is 2.41. The third kappa shape index (κ3) is 3.81. The number of anilines is 1. The van der Waals surface area contributed by atoms with Gasteiger partial charge < -0.3 is 10.0 Å². The van der Waals surface area contributed by atoms with Crippen LogP contribution < -0.4 is 4.90 Å². The SMILES string of the molecule is O=C(O)CN(Cc1ccc(F)cc1Br)c1ccccc1. The number of carbonyl (C=O) groups is 1. The van der Waals surface area contributed by atoms with E-state index >= 15 is 0 Å². The molecule has 0 unspecified atom stereocenters. The fourth-order valence-electron chi connectivity index (χ4n) is 1.90. The van der Waals surface area contributed by atoms with Gasteiger partial charge in [0.05, 0.1) is 0 Å². The highest BCUT2D eigenvalue weighted by Gasteiger charge is 2.13. The molecule has 2 rings (SSSR count). The number of hydrogen-bond donors (Lipinski definition) is 1. The molecule has 1 N–H and O–H groups in total. The van der Waals surface area contributed by atoms with Crippen molar-refractivity contribution in [3.63, 3.8) is 0 Å². The lowest BCUT2D eigenvalue weighted by Crippen LogP contribution is -2.29. The summed E-state index contributed by atoms with van der Waals surface area (Å²) < 4.78 is 13.7. The molecule has 0 aliphatic rings. The van der Waals surface area contributed by atoms with Crippen LogP contribution in [0.2, 0.25) is 0 Å². The summed E-state index contributed by atoms with van der Waals surface area (Å²) in [6.45, 7) is 0.269. The van der Waals surface area contributed by atoms with Crippen molar-refractivity contribution in [1.29, 1.82) is 0 Å². The van der Waals surface area contributed by atoms with E-state index in [1.807, 2.05) is 30.3 Å². The van der Waals surface area contributed by atoms with E-state index in [0.29, 0.717) is 11.0 Å². The van der Waals surface area contributed by atoms with Gasteiger partial charge in [-0.2, -0.15) is 0 Å². The van der Waals surface area contributed by atoms with Gasteiger partial charge in [0, 0.05) is 16.7 Å². The number of halogens is 2. The minimum absolute atomic E-state index is 0.117. The van der Waals surface area contributed by atoms with Crippen molar-refractivity contribution in [3.05, 3.63) is 64.4 Å². The highest BCUT2D eigenvalue weighted by Crippen LogP contribution is 2.22. The maximum Gasteiger partial charge on any atom is 0.323 e. The number of carboxylic acid groups (broad SMARTS) is 1. The first-order valence-corrected chi connectivity index (χ1v) is 6.81. The van der Waals surface area contributed by atoms with Crippen molar-refractivity contribution >= 4 is 27.6 Å². The van der Waals surface area contributed by atoms with Crippen LogP contribution in [0, 0.1) is 5.82 Å². The molecule has 0 aliphatic carbocycles. The molecule has 104 valence electrons. The zero-order valence-electron chi connectivity index (χ0n) is 10.6. The van der Waals surface area contributed by atoms with E-state index in [4.69, 9.17) is 5.11 Å². The summed E-state index contributed by atoms with van der Waals surface area (Å²) in [6.07, 6.45) is 0. The molecule has 2 aromatic carbocycles. The molecule has 0 heterocycles. The van der Waals surface area contributed by atoms with Crippen LogP contribution in [0.3, 0.4) is 0 Å². The molecule has 0 spiro atoms. The average molecular weight is 338 g/mol. The third-order valence-corrected chi connectivity index (χ3v) is 3.56. The zero-order chi connectivity index (χ0) is 14.5. The first-order valence-electron chi connectivity index (χ1n) is 6.02. The summed E-state index contributed by atoms with van der Waals surface area (Å²) in [5.74, 6) is -1.24. The number of nitrogens with zero attached hydrogens (tertiary/aromatic N) is 1. The van der Waals surface area contributed by atoms with E-state index in [-0.39, 0.29) is 12.4 Å². The largest absolute Gasteiger partial charge is 0.480 e. The van der Waals surface area contributed by atoms with Gasteiger partial charge in [0.2, 0.25) is 0 Å². The lowest BCUT2D eigenvalue weighted by molar-refractivity contribution is -0.135. The number of aliphatic carboxylic acids is 1. The summed E-state index contributed by atoms with van der Waals surface area (Å²) in [7, 11) is 0. The van der Waals surface area contributed by atoms with Crippen LogP contribution in [0.15, 0.2) is 53.0 Å². The zero-order valence-corrected chi connectivity index (χ0v) is 12.2. The Morgan fingerprint density at radius 2 is 1.90 bits per heavy atom. The molecule has 0 saturated carbocycles. The lowest BCUT2D eigenvalue weighted by Gasteiger charge is -2.23. The number of para-hydroxylation sites is 1. The summed E-state index contributed by atoms with van der Waals surface area (Å²) in [6, 6.07) is 13.7. The van der Waals surface area contributed by atoms with Crippen LogP contribution in [-0.2, 0) is 11.3 Å². The minimum atomic E-state index is -0.910. The van der Waals surface area contributed by atoms with E-state index < -0.39 is 5.97 Å². The van der Waals surface area contributed by atoms with Crippen LogP contribution in [-0.4, -0.2) is 17.6 Å². The van der Waals surface area contributed by atoms with Gasteiger partial charge >= 0.3 is 5.97 Å². The van der Waals surface area contributed by atoms with Gasteiger partial charge in [-0.25, -0.2) is 4.39 Å². The van der Waals surface area contributed by atoms with Gasteiger partial charge in [0.25, 0.3) is 0 Å². The van der Waals surface area contributed by atoms with Gasteiger partial charge in [0.15, 0.2) is 0 Å². The van der Waals surface area contributed by atoms with Crippen LogP contribution in [0.25, 0.3) is 0 Å². The second-order valence-corrected chi connectivity index (χ2v) is 5.18. The highest BCUT2D eigenvalue weighted by atomic mass is 79.9. The van der Waals surface area contributed by atoms with Crippen molar-refractivity contribution in [3.8, 4) is 0 Å². The smallest absolute Gasteiger partial charge is 0.323 e. The lowest BCUT2D eigenvalue weighted by atomic mass is 10.2. The Hall–Kier alpha value is -1.88. The monoisotopic (exact) mass is 337 g/mol. The molecule has 0 fully saturated rings. The Morgan fingerprint density at radius 1 is 1.20 bits per heavy atom. The van der Waals surface area contributed by atoms with Gasteiger partial charge in [-0.3, -0.25) is 4.79 Å². The molecule has 0 atom stereocenters. The van der Waals surface area contributed by atoms with E-state index in [0.717, 1.165) is 11.3 Å². The van der Waals surface area contributed by atoms with Crippen LogP contribution >= 0.6 is 15.9 Å². The molecule has 0 saturated heterocycles. The quantitative estimate of drug-likeness (QED) is 0.904. The standard InChI is InChI=1S/C15H13BrFNO2/c16-14-8-12(17)7-6-11(14)9-18(10-15(19)20)13-4-2-1-3-5-13/h1-8H,9-10H2,(H,19,20). The van der Waals surface area contributed by atoms with E-state index in [2.05, 4.69) is 15.9 Å². The predicted octanol–water partition coefficient (Wildman–Crippen LogP) is 3.68. The fraction of sp³-hybridized carbons (Fsp3) is 0.133. The van der Waals surface area contributed by atoms with E-state index in [1.165, 1.54) is 12.1 Å². The maximum absolute atomic E-state index is 13.1. The Balaban J connectivity index is 2.26. The first kappa shape index (κ1) is 14.5. The van der Waals surface area contributed by atoms with Crippen molar-refractivity contribution in [2.75, 3.05) is 11.4 Å². The number of hydrogen-bond acceptors (Lipinski definition) is 2. The summed E-state index contributed by atoms with van der Waals surface area (Å²) in [4.78, 5) is 12.7. The molecule has 0 amide bonds. The van der Waals surface area contributed by atoms with Crippen LogP contribution in [0.1, 0.15) is 5.56 Å². The van der Waals surface area contributed by atoms with Gasteiger partial charge in [-0.1, -0.05) is 40.2 Å². The molecule has 3 nitrogen and oxygen atoms in total. The first-order chi connectivity index (χ1) is 9.56. The Labute approximate surface area is 124 Å². The number of rotatable bonds is 5. The number of benzene rings is 2. The molecule has 0 aromatic heterocycles. The van der Waals surface area contributed by atoms with Gasteiger partial charge in [0.1, 0.15) is 12.4 Å². The van der Waals surface area contributed by atoms with Crippen molar-refractivity contribution in [2.24, 2.45) is 0 Å².